The van der Waals surface area contributed by atoms with Gasteiger partial charge in [-0.2, -0.15) is 0 Å². The fourth-order valence-corrected chi connectivity index (χ4v) is 4.02. The normalized spacial score (nSPS) is 15.8. The van der Waals surface area contributed by atoms with Crippen LogP contribution >= 0.6 is 0 Å². The Bertz CT molecular complexity index is 929. The number of nitrogens with zero attached hydrogens (tertiary/aromatic N) is 3. The topological polar surface area (TPSA) is 47.4 Å². The maximum atomic E-state index is 13.7. The maximum absolute atomic E-state index is 13.7. The summed E-state index contributed by atoms with van der Waals surface area (Å²) in [7, 11) is 0. The zero-order chi connectivity index (χ0) is 19.3. The van der Waals surface area contributed by atoms with Crippen LogP contribution in [-0.2, 0) is 6.61 Å². The zero-order valence-corrected chi connectivity index (χ0v) is 16.4. The van der Waals surface area contributed by atoms with E-state index in [1.807, 2.05) is 54.6 Å². The number of rotatable bonds is 7. The fraction of sp³-hybridized carbons (Fsp3) is 0.391. The standard InChI is InChI=1S/C23H27N3O2/c1-2-10-21(25-15-8-9-16-25)23(27)26-20-14-7-6-13-19(20)24-22(26)17-28-18-11-4-3-5-12-18/h3-7,11-14,21H,2,8-10,15-17H2,1H3. The Balaban J connectivity index is 1.68. The summed E-state index contributed by atoms with van der Waals surface area (Å²) in [6, 6.07) is 17.4. The molecule has 1 aliphatic rings. The number of carbonyl (C=O) groups excluding carboxylic acids is 1. The van der Waals surface area contributed by atoms with Gasteiger partial charge in [0.15, 0.2) is 5.82 Å². The summed E-state index contributed by atoms with van der Waals surface area (Å²) in [5.41, 5.74) is 1.69. The number of imidazole rings is 1. The van der Waals surface area contributed by atoms with Crippen molar-refractivity contribution in [2.45, 2.75) is 45.3 Å². The van der Waals surface area contributed by atoms with E-state index in [0.717, 1.165) is 42.7 Å². The second-order valence-electron chi connectivity index (χ2n) is 7.34. The third-order valence-electron chi connectivity index (χ3n) is 5.39. The number of aromatic nitrogens is 2. The summed E-state index contributed by atoms with van der Waals surface area (Å²) < 4.78 is 7.72. The fourth-order valence-electron chi connectivity index (χ4n) is 4.02. The molecule has 2 heterocycles. The van der Waals surface area contributed by atoms with Crippen LogP contribution < -0.4 is 4.74 Å². The summed E-state index contributed by atoms with van der Waals surface area (Å²) in [6.07, 6.45) is 4.18. The Morgan fingerprint density at radius 3 is 2.54 bits per heavy atom. The molecule has 4 rings (SSSR count). The highest BCUT2D eigenvalue weighted by molar-refractivity contribution is 5.94. The molecule has 0 bridgehead atoms. The van der Waals surface area contributed by atoms with E-state index < -0.39 is 0 Å². The summed E-state index contributed by atoms with van der Waals surface area (Å²) in [5, 5.41) is 0. The highest BCUT2D eigenvalue weighted by atomic mass is 16.5. The first-order valence-electron chi connectivity index (χ1n) is 10.2. The van der Waals surface area contributed by atoms with Gasteiger partial charge in [0, 0.05) is 0 Å². The highest BCUT2D eigenvalue weighted by Crippen LogP contribution is 2.23. The Morgan fingerprint density at radius 2 is 1.79 bits per heavy atom. The third kappa shape index (κ3) is 3.80. The molecule has 5 nitrogen and oxygen atoms in total. The van der Waals surface area contributed by atoms with Gasteiger partial charge in [-0.3, -0.25) is 14.3 Å². The molecular formula is C23H27N3O2. The number of ether oxygens (including phenoxy) is 1. The van der Waals surface area contributed by atoms with Crippen LogP contribution in [0.3, 0.4) is 0 Å². The van der Waals surface area contributed by atoms with Gasteiger partial charge in [0.1, 0.15) is 12.4 Å². The Kier molecular flexibility index (Phi) is 5.72. The van der Waals surface area contributed by atoms with Gasteiger partial charge in [0.25, 0.3) is 0 Å². The molecule has 1 atom stereocenters. The van der Waals surface area contributed by atoms with Crippen LogP contribution in [-0.4, -0.2) is 39.5 Å². The second-order valence-corrected chi connectivity index (χ2v) is 7.34. The van der Waals surface area contributed by atoms with E-state index in [-0.39, 0.29) is 18.6 Å². The molecule has 0 aliphatic carbocycles. The first kappa shape index (κ1) is 18.7. The van der Waals surface area contributed by atoms with Gasteiger partial charge in [0.05, 0.1) is 17.1 Å². The monoisotopic (exact) mass is 377 g/mol. The van der Waals surface area contributed by atoms with E-state index in [0.29, 0.717) is 5.82 Å². The van der Waals surface area contributed by atoms with Gasteiger partial charge in [-0.05, 0) is 56.6 Å². The molecule has 0 spiro atoms. The molecule has 1 unspecified atom stereocenters. The Morgan fingerprint density at radius 1 is 1.07 bits per heavy atom. The first-order chi connectivity index (χ1) is 13.8. The maximum Gasteiger partial charge on any atom is 0.250 e. The van der Waals surface area contributed by atoms with E-state index in [9.17, 15) is 4.79 Å². The molecule has 0 radical (unpaired) electrons. The van der Waals surface area contributed by atoms with Crippen molar-refractivity contribution in [3.63, 3.8) is 0 Å². The van der Waals surface area contributed by atoms with E-state index in [2.05, 4.69) is 11.8 Å². The smallest absolute Gasteiger partial charge is 0.250 e. The van der Waals surface area contributed by atoms with Crippen molar-refractivity contribution in [2.75, 3.05) is 13.1 Å². The Labute approximate surface area is 165 Å². The van der Waals surface area contributed by atoms with Gasteiger partial charge < -0.3 is 4.74 Å². The van der Waals surface area contributed by atoms with E-state index in [1.54, 1.807) is 4.57 Å². The molecule has 0 N–H and O–H groups in total. The lowest BCUT2D eigenvalue weighted by Gasteiger charge is -2.26. The number of para-hydroxylation sites is 3. The summed E-state index contributed by atoms with van der Waals surface area (Å²) in [5.74, 6) is 1.55. The zero-order valence-electron chi connectivity index (χ0n) is 16.4. The lowest BCUT2D eigenvalue weighted by molar-refractivity contribution is 0.0744. The van der Waals surface area contributed by atoms with Crippen molar-refractivity contribution in [2.24, 2.45) is 0 Å². The minimum atomic E-state index is -0.0967. The average molecular weight is 377 g/mol. The summed E-state index contributed by atoms with van der Waals surface area (Å²) in [6.45, 7) is 4.41. The number of hydrogen-bond acceptors (Lipinski definition) is 4. The minimum Gasteiger partial charge on any atom is -0.486 e. The van der Waals surface area contributed by atoms with Crippen LogP contribution in [0.15, 0.2) is 54.6 Å². The van der Waals surface area contributed by atoms with Gasteiger partial charge in [0.2, 0.25) is 5.91 Å². The molecule has 1 saturated heterocycles. The summed E-state index contributed by atoms with van der Waals surface area (Å²) >= 11 is 0. The SMILES string of the molecule is CCCC(C(=O)n1c(COc2ccccc2)nc2ccccc21)N1CCCC1. The summed E-state index contributed by atoms with van der Waals surface area (Å²) in [4.78, 5) is 20.7. The quantitative estimate of drug-likeness (QED) is 0.607. The van der Waals surface area contributed by atoms with Crippen molar-refractivity contribution in [3.05, 3.63) is 60.4 Å². The van der Waals surface area contributed by atoms with Crippen LogP contribution in [0.5, 0.6) is 5.75 Å². The molecule has 1 aliphatic heterocycles. The predicted molar refractivity (Wildman–Crippen MR) is 111 cm³/mol. The van der Waals surface area contributed by atoms with Gasteiger partial charge >= 0.3 is 0 Å². The van der Waals surface area contributed by atoms with E-state index in [4.69, 9.17) is 9.72 Å². The van der Waals surface area contributed by atoms with Crippen LogP contribution in [0.4, 0.5) is 0 Å². The molecule has 0 amide bonds. The predicted octanol–water partition coefficient (Wildman–Crippen LogP) is 4.52. The molecule has 1 aromatic heterocycles. The number of hydrogen-bond donors (Lipinski definition) is 0. The first-order valence-corrected chi connectivity index (χ1v) is 10.2. The van der Waals surface area contributed by atoms with Crippen molar-refractivity contribution >= 4 is 16.9 Å². The Hall–Kier alpha value is -2.66. The highest BCUT2D eigenvalue weighted by Gasteiger charge is 2.30. The van der Waals surface area contributed by atoms with Gasteiger partial charge in [-0.1, -0.05) is 43.7 Å². The molecule has 0 saturated carbocycles. The lowest BCUT2D eigenvalue weighted by Crippen LogP contribution is -2.42. The van der Waals surface area contributed by atoms with Crippen LogP contribution in [0.2, 0.25) is 0 Å². The van der Waals surface area contributed by atoms with Crippen molar-refractivity contribution in [1.29, 1.82) is 0 Å². The number of likely N-dealkylation sites (tertiary alicyclic amines) is 1. The van der Waals surface area contributed by atoms with Gasteiger partial charge in [-0.25, -0.2) is 4.98 Å². The van der Waals surface area contributed by atoms with Crippen molar-refractivity contribution in [1.82, 2.24) is 14.5 Å². The number of carbonyl (C=O) groups is 1. The lowest BCUT2D eigenvalue weighted by atomic mass is 10.1. The van der Waals surface area contributed by atoms with E-state index in [1.165, 1.54) is 12.8 Å². The van der Waals surface area contributed by atoms with Crippen LogP contribution in [0.25, 0.3) is 11.0 Å². The largest absolute Gasteiger partial charge is 0.486 e. The van der Waals surface area contributed by atoms with Crippen LogP contribution in [0.1, 0.15) is 43.2 Å². The molecule has 3 aromatic rings. The van der Waals surface area contributed by atoms with Gasteiger partial charge in [-0.15, -0.1) is 0 Å². The molecule has 1 fully saturated rings. The second kappa shape index (κ2) is 8.57. The van der Waals surface area contributed by atoms with Crippen molar-refractivity contribution in [3.8, 4) is 5.75 Å². The van der Waals surface area contributed by atoms with Crippen molar-refractivity contribution < 1.29 is 9.53 Å². The molecule has 2 aromatic carbocycles. The van der Waals surface area contributed by atoms with Crippen LogP contribution in [0, 0.1) is 0 Å². The molecule has 5 heteroatoms. The number of fused-ring (bicyclic) bond motifs is 1. The molecule has 28 heavy (non-hydrogen) atoms. The molecular weight excluding hydrogens is 350 g/mol. The third-order valence-corrected chi connectivity index (χ3v) is 5.39. The minimum absolute atomic E-state index is 0.0967. The average Bonchev–Trinajstić information content (AvgIpc) is 3.38. The molecule has 146 valence electrons. The number of benzene rings is 2. The van der Waals surface area contributed by atoms with E-state index >= 15 is 0 Å².